The highest BCUT2D eigenvalue weighted by Gasteiger charge is 2.26. The lowest BCUT2D eigenvalue weighted by Crippen LogP contribution is -2.31. The maximum atomic E-state index is 5.07. The second-order valence-electron chi connectivity index (χ2n) is 2.05. The molecule has 1 aliphatic heterocycles. The van der Waals surface area contributed by atoms with Crippen LogP contribution in [0.3, 0.4) is 0 Å². The van der Waals surface area contributed by atoms with Crippen molar-refractivity contribution in [2.24, 2.45) is 0 Å². The van der Waals surface area contributed by atoms with Gasteiger partial charge < -0.3 is 9.31 Å². The zero-order chi connectivity index (χ0) is 7.52. The van der Waals surface area contributed by atoms with Crippen molar-refractivity contribution >= 4 is 12.6 Å². The van der Waals surface area contributed by atoms with E-state index in [4.69, 9.17) is 9.31 Å². The van der Waals surface area contributed by atoms with Crippen molar-refractivity contribution in [2.45, 2.75) is 0 Å². The summed E-state index contributed by atoms with van der Waals surface area (Å²) in [5.74, 6) is 0. The Bertz CT molecular complexity index is 257. The molecule has 0 aliphatic carbocycles. The van der Waals surface area contributed by atoms with Crippen LogP contribution in [0.1, 0.15) is 0 Å². The largest absolute Gasteiger partial charge is 0.633 e. The van der Waals surface area contributed by atoms with Gasteiger partial charge >= 0.3 is 7.12 Å². The lowest BCUT2D eigenvalue weighted by molar-refractivity contribution is 0.423. The van der Waals surface area contributed by atoms with E-state index >= 15 is 0 Å². The topological polar surface area (TPSA) is 44.2 Å². The van der Waals surface area contributed by atoms with Crippen molar-refractivity contribution in [1.29, 1.82) is 0 Å². The van der Waals surface area contributed by atoms with Gasteiger partial charge in [-0.1, -0.05) is 0 Å². The van der Waals surface area contributed by atoms with E-state index in [1.54, 1.807) is 18.5 Å². The van der Waals surface area contributed by atoms with Gasteiger partial charge in [0.05, 0.1) is 18.7 Å². The third-order valence-electron chi connectivity index (χ3n) is 1.34. The number of hydrogen-bond acceptors (Lipinski definition) is 4. The first kappa shape index (κ1) is 6.21. The third kappa shape index (κ3) is 1.17. The molecule has 0 saturated carbocycles. The Labute approximate surface area is 64.0 Å². The molecule has 2 heterocycles. The lowest BCUT2D eigenvalue weighted by Gasteiger charge is -2.01. The number of hydrogen-bond donors (Lipinski definition) is 0. The first-order chi connectivity index (χ1) is 5.47. The average Bonchev–Trinajstić information content (AvgIpc) is 2.58. The third-order valence-corrected chi connectivity index (χ3v) is 1.34. The van der Waals surface area contributed by atoms with Crippen LogP contribution in [0, 0.1) is 0 Å². The number of rotatable bonds is 1. The molecule has 0 unspecified atom stereocenters. The minimum absolute atomic E-state index is 0.342. The van der Waals surface area contributed by atoms with Gasteiger partial charge in [-0.15, -0.1) is 0 Å². The van der Waals surface area contributed by atoms with Crippen molar-refractivity contribution < 1.29 is 9.31 Å². The highest BCUT2D eigenvalue weighted by molar-refractivity contribution is 6.61. The SMILES string of the molecule is C1=COB(c2ccnnc2)O1. The minimum atomic E-state index is -0.342. The summed E-state index contributed by atoms with van der Waals surface area (Å²) in [5.41, 5.74) is 0.866. The van der Waals surface area contributed by atoms with Crippen LogP contribution < -0.4 is 5.46 Å². The van der Waals surface area contributed by atoms with Gasteiger partial charge in [-0.25, -0.2) is 0 Å². The van der Waals surface area contributed by atoms with Crippen LogP contribution in [0.4, 0.5) is 0 Å². The summed E-state index contributed by atoms with van der Waals surface area (Å²) in [7, 11) is -0.342. The summed E-state index contributed by atoms with van der Waals surface area (Å²) in [6, 6.07) is 1.80. The van der Waals surface area contributed by atoms with Crippen LogP contribution in [0.2, 0.25) is 0 Å². The Balaban J connectivity index is 2.17. The van der Waals surface area contributed by atoms with Crippen molar-refractivity contribution in [1.82, 2.24) is 10.2 Å². The minimum Gasteiger partial charge on any atom is -0.525 e. The molecule has 1 aromatic heterocycles. The van der Waals surface area contributed by atoms with Gasteiger partial charge in [0.1, 0.15) is 0 Å². The molecule has 54 valence electrons. The second kappa shape index (κ2) is 2.61. The molecule has 11 heavy (non-hydrogen) atoms. The van der Waals surface area contributed by atoms with E-state index in [1.807, 2.05) is 0 Å². The molecular weight excluding hydrogens is 143 g/mol. The first-order valence-corrected chi connectivity index (χ1v) is 3.19. The molecule has 0 radical (unpaired) electrons. The lowest BCUT2D eigenvalue weighted by atomic mass is 9.81. The maximum Gasteiger partial charge on any atom is 0.633 e. The van der Waals surface area contributed by atoms with Gasteiger partial charge in [-0.2, -0.15) is 10.2 Å². The molecule has 0 N–H and O–H groups in total. The van der Waals surface area contributed by atoms with Gasteiger partial charge in [0.15, 0.2) is 0 Å². The first-order valence-electron chi connectivity index (χ1n) is 3.19. The van der Waals surface area contributed by atoms with Gasteiger partial charge in [-0.05, 0) is 6.07 Å². The molecule has 1 aromatic rings. The summed E-state index contributed by atoms with van der Waals surface area (Å²) in [4.78, 5) is 0. The van der Waals surface area contributed by atoms with Crippen molar-refractivity contribution in [3.63, 3.8) is 0 Å². The molecule has 2 rings (SSSR count). The normalized spacial score (nSPS) is 14.4. The Hall–Kier alpha value is -1.52. The predicted octanol–water partition coefficient (Wildman–Crippen LogP) is -0.310. The zero-order valence-corrected chi connectivity index (χ0v) is 5.68. The molecular formula is C6H5BN2O2. The van der Waals surface area contributed by atoms with Gasteiger partial charge in [0.2, 0.25) is 0 Å². The summed E-state index contributed by atoms with van der Waals surface area (Å²) >= 11 is 0. The van der Waals surface area contributed by atoms with Crippen LogP contribution in [0.5, 0.6) is 0 Å². The van der Waals surface area contributed by atoms with E-state index in [-0.39, 0.29) is 7.12 Å². The van der Waals surface area contributed by atoms with E-state index in [0.29, 0.717) is 0 Å². The molecule has 0 atom stereocenters. The fraction of sp³-hybridized carbons (Fsp3) is 0. The summed E-state index contributed by atoms with van der Waals surface area (Å²) < 4.78 is 10.1. The Morgan fingerprint density at radius 2 is 2.00 bits per heavy atom. The predicted molar refractivity (Wildman–Crippen MR) is 38.7 cm³/mol. The molecule has 0 spiro atoms. The van der Waals surface area contributed by atoms with Crippen LogP contribution in [-0.4, -0.2) is 17.3 Å². The molecule has 0 amide bonds. The Kier molecular flexibility index (Phi) is 1.48. The molecule has 5 heteroatoms. The van der Waals surface area contributed by atoms with E-state index in [1.165, 1.54) is 12.5 Å². The number of aromatic nitrogens is 2. The van der Waals surface area contributed by atoms with Crippen LogP contribution >= 0.6 is 0 Å². The summed E-state index contributed by atoms with van der Waals surface area (Å²) in [6.45, 7) is 0. The highest BCUT2D eigenvalue weighted by Crippen LogP contribution is 1.99. The zero-order valence-electron chi connectivity index (χ0n) is 5.68. The van der Waals surface area contributed by atoms with Gasteiger partial charge in [-0.3, -0.25) is 0 Å². The van der Waals surface area contributed by atoms with E-state index in [9.17, 15) is 0 Å². The summed E-state index contributed by atoms with van der Waals surface area (Å²) in [5, 5.41) is 7.33. The number of nitrogens with zero attached hydrogens (tertiary/aromatic N) is 2. The van der Waals surface area contributed by atoms with Gasteiger partial charge in [0, 0.05) is 11.7 Å². The highest BCUT2D eigenvalue weighted by atomic mass is 16.6. The molecule has 0 bridgehead atoms. The smallest absolute Gasteiger partial charge is 0.525 e. The molecule has 1 aliphatic rings. The van der Waals surface area contributed by atoms with Gasteiger partial charge in [0.25, 0.3) is 0 Å². The molecule has 0 fully saturated rings. The standard InChI is InChI=1S/C6H5BN2O2/c1-2-8-9-5-6(1)7-10-3-4-11-7/h1-5H. The van der Waals surface area contributed by atoms with Crippen molar-refractivity contribution in [3.8, 4) is 0 Å². The summed E-state index contributed by atoms with van der Waals surface area (Å²) in [6.07, 6.45) is 6.22. The maximum absolute atomic E-state index is 5.07. The monoisotopic (exact) mass is 148 g/mol. The van der Waals surface area contributed by atoms with Crippen LogP contribution in [-0.2, 0) is 9.31 Å². The fourth-order valence-corrected chi connectivity index (χ4v) is 0.836. The Morgan fingerprint density at radius 1 is 1.18 bits per heavy atom. The van der Waals surface area contributed by atoms with E-state index < -0.39 is 0 Å². The Morgan fingerprint density at radius 3 is 2.64 bits per heavy atom. The molecule has 0 saturated heterocycles. The van der Waals surface area contributed by atoms with E-state index in [0.717, 1.165) is 5.46 Å². The second-order valence-corrected chi connectivity index (χ2v) is 2.05. The van der Waals surface area contributed by atoms with Crippen LogP contribution in [0.25, 0.3) is 0 Å². The average molecular weight is 148 g/mol. The molecule has 4 nitrogen and oxygen atoms in total. The quantitative estimate of drug-likeness (QED) is 0.512. The fourth-order valence-electron chi connectivity index (χ4n) is 0.836. The van der Waals surface area contributed by atoms with E-state index in [2.05, 4.69) is 10.2 Å². The van der Waals surface area contributed by atoms with Crippen LogP contribution in [0.15, 0.2) is 31.0 Å². The van der Waals surface area contributed by atoms with Crippen molar-refractivity contribution in [2.75, 3.05) is 0 Å². The molecule has 0 aromatic carbocycles. The van der Waals surface area contributed by atoms with Crippen molar-refractivity contribution in [3.05, 3.63) is 31.0 Å².